The van der Waals surface area contributed by atoms with E-state index < -0.39 is 5.97 Å². The van der Waals surface area contributed by atoms with Gasteiger partial charge < -0.3 is 10.4 Å². The molecule has 1 aliphatic rings. The Morgan fingerprint density at radius 3 is 2.54 bits per heavy atom. The fourth-order valence-corrected chi connectivity index (χ4v) is 4.05. The van der Waals surface area contributed by atoms with Gasteiger partial charge in [-0.05, 0) is 74.2 Å². The molecule has 0 bridgehead atoms. The number of benzene rings is 2. The van der Waals surface area contributed by atoms with Crippen LogP contribution in [0.1, 0.15) is 41.6 Å². The number of rotatable bonds is 6. The van der Waals surface area contributed by atoms with E-state index in [2.05, 4.69) is 35.3 Å². The molecule has 0 spiro atoms. The number of hydrogen-bond acceptors (Lipinski definition) is 3. The lowest BCUT2D eigenvalue weighted by Crippen LogP contribution is -2.23. The molecule has 1 fully saturated rings. The first-order chi connectivity index (χ1) is 13.2. The summed E-state index contributed by atoms with van der Waals surface area (Å²) >= 11 is 12.7. The average molecular weight is 421 g/mol. The van der Waals surface area contributed by atoms with E-state index in [1.165, 1.54) is 5.56 Å². The minimum atomic E-state index is -0.716. The van der Waals surface area contributed by atoms with Crippen LogP contribution in [0, 0.1) is 19.8 Å². The summed E-state index contributed by atoms with van der Waals surface area (Å²) in [6.45, 7) is 8.17. The normalized spacial score (nSPS) is 18.2. The number of halogens is 2. The van der Waals surface area contributed by atoms with E-state index in [-0.39, 0.29) is 12.0 Å². The quantitative estimate of drug-likeness (QED) is 0.629. The zero-order valence-electron chi connectivity index (χ0n) is 16.4. The predicted molar refractivity (Wildman–Crippen MR) is 115 cm³/mol. The number of aryl methyl sites for hydroxylation is 2. The van der Waals surface area contributed by atoms with Gasteiger partial charge in [0.1, 0.15) is 0 Å². The minimum absolute atomic E-state index is 0.117. The fourth-order valence-electron chi connectivity index (χ4n) is 3.77. The molecule has 1 aliphatic heterocycles. The lowest BCUT2D eigenvalue weighted by Gasteiger charge is -2.20. The maximum absolute atomic E-state index is 11.2. The molecule has 2 aromatic rings. The summed E-state index contributed by atoms with van der Waals surface area (Å²) in [4.78, 5) is 13.3. The van der Waals surface area contributed by atoms with Gasteiger partial charge in [-0.2, -0.15) is 0 Å². The molecule has 0 aromatic heterocycles. The van der Waals surface area contributed by atoms with Gasteiger partial charge in [-0.15, -0.1) is 0 Å². The third-order valence-electron chi connectivity index (χ3n) is 5.40. The molecular formula is C22H26Cl2N2O2. The van der Waals surface area contributed by atoms with Crippen LogP contribution in [0.2, 0.25) is 10.0 Å². The second kappa shape index (κ2) is 8.73. The lowest BCUT2D eigenvalue weighted by atomic mass is 10.0. The number of anilines is 1. The summed E-state index contributed by atoms with van der Waals surface area (Å²) in [7, 11) is 0. The van der Waals surface area contributed by atoms with E-state index in [9.17, 15) is 9.90 Å². The third kappa shape index (κ3) is 4.80. The maximum atomic E-state index is 11.2. The molecule has 1 unspecified atom stereocenters. The summed E-state index contributed by atoms with van der Waals surface area (Å²) in [5.41, 5.74) is 5.33. The van der Waals surface area contributed by atoms with Gasteiger partial charge >= 0.3 is 5.97 Å². The monoisotopic (exact) mass is 420 g/mol. The van der Waals surface area contributed by atoms with Gasteiger partial charge in [0.25, 0.3) is 0 Å². The van der Waals surface area contributed by atoms with Crippen molar-refractivity contribution in [3.63, 3.8) is 0 Å². The summed E-state index contributed by atoms with van der Waals surface area (Å²) in [6.07, 6.45) is 0.692. The highest BCUT2D eigenvalue weighted by Crippen LogP contribution is 2.29. The molecule has 6 heteroatoms. The molecule has 0 saturated carbocycles. The molecular weight excluding hydrogens is 395 g/mol. The second-order valence-electron chi connectivity index (χ2n) is 7.70. The first kappa shape index (κ1) is 21.0. The van der Waals surface area contributed by atoms with Crippen molar-refractivity contribution >= 4 is 34.9 Å². The number of hydrogen-bond donors (Lipinski definition) is 2. The molecule has 0 radical (unpaired) electrons. The van der Waals surface area contributed by atoms with Crippen molar-refractivity contribution in [1.82, 2.24) is 4.90 Å². The zero-order valence-corrected chi connectivity index (χ0v) is 17.9. The first-order valence-corrected chi connectivity index (χ1v) is 10.3. The largest absolute Gasteiger partial charge is 0.481 e. The number of nitrogens with zero attached hydrogens (tertiary/aromatic N) is 1. The van der Waals surface area contributed by atoms with E-state index in [0.717, 1.165) is 33.9 Å². The molecule has 2 atom stereocenters. The van der Waals surface area contributed by atoms with Gasteiger partial charge in [0.2, 0.25) is 0 Å². The second-order valence-corrected chi connectivity index (χ2v) is 8.49. The Bertz CT molecular complexity index is 862. The molecule has 1 saturated heterocycles. The molecule has 2 aromatic carbocycles. The van der Waals surface area contributed by atoms with Crippen LogP contribution in [0.15, 0.2) is 30.3 Å². The highest BCUT2D eigenvalue weighted by molar-refractivity contribution is 6.32. The van der Waals surface area contributed by atoms with Crippen molar-refractivity contribution in [1.29, 1.82) is 0 Å². The van der Waals surface area contributed by atoms with Crippen LogP contribution in [0.4, 0.5) is 5.69 Å². The Morgan fingerprint density at radius 1 is 1.25 bits per heavy atom. The molecule has 28 heavy (non-hydrogen) atoms. The Labute approximate surface area is 176 Å². The predicted octanol–water partition coefficient (Wildman–Crippen LogP) is 5.69. The van der Waals surface area contributed by atoms with Crippen LogP contribution in [0.3, 0.4) is 0 Å². The van der Waals surface area contributed by atoms with Crippen molar-refractivity contribution in [2.24, 2.45) is 5.92 Å². The molecule has 150 valence electrons. The summed E-state index contributed by atoms with van der Waals surface area (Å²) in [5, 5.41) is 14.2. The van der Waals surface area contributed by atoms with E-state index in [4.69, 9.17) is 23.2 Å². The van der Waals surface area contributed by atoms with E-state index in [0.29, 0.717) is 24.5 Å². The molecule has 3 rings (SSSR count). The van der Waals surface area contributed by atoms with Crippen LogP contribution in [0.25, 0.3) is 0 Å². The van der Waals surface area contributed by atoms with Crippen LogP contribution < -0.4 is 5.32 Å². The van der Waals surface area contributed by atoms with E-state index in [1.54, 1.807) is 0 Å². The number of carbonyl (C=O) groups is 1. The van der Waals surface area contributed by atoms with Gasteiger partial charge in [0.05, 0.1) is 5.92 Å². The van der Waals surface area contributed by atoms with Crippen LogP contribution >= 0.6 is 23.2 Å². The number of likely N-dealkylation sites (tertiary alicyclic amines) is 1. The topological polar surface area (TPSA) is 52.6 Å². The van der Waals surface area contributed by atoms with Crippen LogP contribution in [-0.2, 0) is 11.3 Å². The van der Waals surface area contributed by atoms with Gasteiger partial charge in [-0.25, -0.2) is 0 Å². The Kier molecular flexibility index (Phi) is 6.54. The summed E-state index contributed by atoms with van der Waals surface area (Å²) in [5.74, 6) is -0.997. The standard InChI is InChI=1S/C22H26Cl2N2O2/c1-13-8-17(9-14(2)21(13)24)15(3)25-19-4-5-20(23)18(10-19)12-26-7-6-16(11-26)22(27)28/h4-5,8-10,15-16,25H,6-7,11-12H2,1-3H3,(H,27,28)/t15-,16?/m1/s1. The smallest absolute Gasteiger partial charge is 0.307 e. The Hall–Kier alpha value is -1.75. The third-order valence-corrected chi connectivity index (χ3v) is 6.37. The zero-order chi connectivity index (χ0) is 20.4. The fraction of sp³-hybridized carbons (Fsp3) is 0.409. The molecule has 0 amide bonds. The molecule has 0 aliphatic carbocycles. The summed E-state index contributed by atoms with van der Waals surface area (Å²) < 4.78 is 0. The van der Waals surface area contributed by atoms with Crippen LogP contribution in [-0.4, -0.2) is 29.1 Å². The highest BCUT2D eigenvalue weighted by Gasteiger charge is 2.28. The number of nitrogens with one attached hydrogen (secondary N) is 1. The molecule has 1 heterocycles. The van der Waals surface area contributed by atoms with Gasteiger partial charge in [-0.3, -0.25) is 9.69 Å². The Morgan fingerprint density at radius 2 is 1.93 bits per heavy atom. The number of carboxylic acids is 1. The van der Waals surface area contributed by atoms with Crippen molar-refractivity contribution in [2.75, 3.05) is 18.4 Å². The van der Waals surface area contributed by atoms with Gasteiger partial charge in [-0.1, -0.05) is 35.3 Å². The van der Waals surface area contributed by atoms with Gasteiger partial charge in [0.15, 0.2) is 0 Å². The van der Waals surface area contributed by atoms with Gasteiger partial charge in [0, 0.05) is 34.9 Å². The van der Waals surface area contributed by atoms with Crippen LogP contribution in [0.5, 0.6) is 0 Å². The summed E-state index contributed by atoms with van der Waals surface area (Å²) in [6, 6.07) is 10.3. The SMILES string of the molecule is Cc1cc([C@@H](C)Nc2ccc(Cl)c(CN3CCC(C(=O)O)C3)c2)cc(C)c1Cl. The van der Waals surface area contributed by atoms with E-state index >= 15 is 0 Å². The Balaban J connectivity index is 1.72. The first-order valence-electron chi connectivity index (χ1n) is 9.51. The van der Waals surface area contributed by atoms with Crippen molar-refractivity contribution < 1.29 is 9.90 Å². The minimum Gasteiger partial charge on any atom is -0.481 e. The van der Waals surface area contributed by atoms with Crippen molar-refractivity contribution in [3.05, 3.63) is 62.6 Å². The molecule has 4 nitrogen and oxygen atoms in total. The maximum Gasteiger partial charge on any atom is 0.307 e. The number of carboxylic acid groups (broad SMARTS) is 1. The van der Waals surface area contributed by atoms with Crippen molar-refractivity contribution in [2.45, 2.75) is 39.8 Å². The lowest BCUT2D eigenvalue weighted by molar-refractivity contribution is -0.141. The van der Waals surface area contributed by atoms with E-state index in [1.807, 2.05) is 26.0 Å². The average Bonchev–Trinajstić information content (AvgIpc) is 3.11. The van der Waals surface area contributed by atoms with Crippen molar-refractivity contribution in [3.8, 4) is 0 Å². The highest BCUT2D eigenvalue weighted by atomic mass is 35.5. The number of aliphatic carboxylic acids is 1. The molecule has 2 N–H and O–H groups in total.